The van der Waals surface area contributed by atoms with Gasteiger partial charge in [0.1, 0.15) is 0 Å². The summed E-state index contributed by atoms with van der Waals surface area (Å²) in [6, 6.07) is 5.77. The summed E-state index contributed by atoms with van der Waals surface area (Å²) in [6.07, 6.45) is 6.64. The Balaban J connectivity index is 0.000000364. The summed E-state index contributed by atoms with van der Waals surface area (Å²) in [5.74, 6) is 2.33. The van der Waals surface area contributed by atoms with Crippen molar-refractivity contribution in [1.29, 1.82) is 0 Å². The summed E-state index contributed by atoms with van der Waals surface area (Å²) in [7, 11) is 3.27. The minimum absolute atomic E-state index is 0.0399. The van der Waals surface area contributed by atoms with Crippen LogP contribution in [-0.2, 0) is 9.53 Å². The average molecular weight is 520 g/mol. The van der Waals surface area contributed by atoms with Gasteiger partial charge in [0.05, 0.1) is 13.7 Å². The molecule has 1 aromatic carbocycles. The molecule has 1 saturated carbocycles. The second-order valence-electron chi connectivity index (χ2n) is 10.3. The largest absolute Gasteiger partial charge is 0.493 e. The van der Waals surface area contributed by atoms with Crippen molar-refractivity contribution in [2.75, 3.05) is 53.6 Å². The number of hydrogen-bond donors (Lipinski definition) is 1. The third-order valence-corrected chi connectivity index (χ3v) is 6.73. The van der Waals surface area contributed by atoms with E-state index in [9.17, 15) is 9.59 Å². The Morgan fingerprint density at radius 3 is 2.41 bits per heavy atom. The van der Waals surface area contributed by atoms with Crippen LogP contribution in [0.25, 0.3) is 0 Å². The Hall–Kier alpha value is -2.32. The SMILES string of the molecule is CCCN(CC1CC1)C(C)=O.COCCCOc1cc(C(=O)N(C(C)C)[C@@H]2CCCNC2)ccc1OC. The number of amides is 2. The number of benzene rings is 1. The molecule has 2 amide bonds. The zero-order chi connectivity index (χ0) is 27.2. The quantitative estimate of drug-likeness (QED) is 0.390. The van der Waals surface area contributed by atoms with Crippen LogP contribution in [0.5, 0.6) is 11.5 Å². The fraction of sp³-hybridized carbons (Fsp3) is 0.724. The van der Waals surface area contributed by atoms with Gasteiger partial charge in [-0.3, -0.25) is 9.59 Å². The van der Waals surface area contributed by atoms with E-state index in [1.165, 1.54) is 12.8 Å². The number of methoxy groups -OCH3 is 2. The number of hydrogen-bond acceptors (Lipinski definition) is 6. The summed E-state index contributed by atoms with van der Waals surface area (Å²) in [5, 5.41) is 3.40. The molecule has 8 heteroatoms. The van der Waals surface area contributed by atoms with Crippen LogP contribution in [0.4, 0.5) is 0 Å². The molecule has 210 valence electrons. The molecule has 1 N–H and O–H groups in total. The lowest BCUT2D eigenvalue weighted by Crippen LogP contribution is -2.51. The normalized spacial score (nSPS) is 17.0. The second kappa shape index (κ2) is 16.5. The van der Waals surface area contributed by atoms with Gasteiger partial charge in [0.2, 0.25) is 5.91 Å². The summed E-state index contributed by atoms with van der Waals surface area (Å²) < 4.78 is 16.2. The first-order valence-corrected chi connectivity index (χ1v) is 13.9. The Bertz CT molecular complexity index is 822. The summed E-state index contributed by atoms with van der Waals surface area (Å²) in [5.41, 5.74) is 0.631. The third-order valence-electron chi connectivity index (χ3n) is 6.73. The average Bonchev–Trinajstić information content (AvgIpc) is 3.71. The molecule has 2 aliphatic rings. The van der Waals surface area contributed by atoms with Crippen molar-refractivity contribution in [1.82, 2.24) is 15.1 Å². The van der Waals surface area contributed by atoms with Gasteiger partial charge in [-0.05, 0) is 76.6 Å². The highest BCUT2D eigenvalue weighted by Crippen LogP contribution is 2.30. The molecular weight excluding hydrogens is 470 g/mol. The molecule has 1 saturated heterocycles. The van der Waals surface area contributed by atoms with Gasteiger partial charge in [-0.2, -0.15) is 0 Å². The molecule has 1 aliphatic heterocycles. The van der Waals surface area contributed by atoms with E-state index >= 15 is 0 Å². The molecule has 1 heterocycles. The van der Waals surface area contributed by atoms with Gasteiger partial charge < -0.3 is 29.3 Å². The van der Waals surface area contributed by atoms with Gasteiger partial charge in [0.25, 0.3) is 5.91 Å². The molecule has 0 unspecified atom stereocenters. The van der Waals surface area contributed by atoms with Crippen molar-refractivity contribution in [3.8, 4) is 11.5 Å². The third kappa shape index (κ3) is 10.5. The first-order chi connectivity index (χ1) is 17.8. The van der Waals surface area contributed by atoms with Crippen LogP contribution in [0.3, 0.4) is 0 Å². The van der Waals surface area contributed by atoms with E-state index in [-0.39, 0.29) is 23.9 Å². The fourth-order valence-corrected chi connectivity index (χ4v) is 4.61. The van der Waals surface area contributed by atoms with E-state index in [4.69, 9.17) is 14.2 Å². The van der Waals surface area contributed by atoms with Crippen molar-refractivity contribution in [2.24, 2.45) is 5.92 Å². The zero-order valence-corrected chi connectivity index (χ0v) is 23.9. The Labute approximate surface area is 224 Å². The Morgan fingerprint density at radius 2 is 1.86 bits per heavy atom. The predicted octanol–water partition coefficient (Wildman–Crippen LogP) is 4.37. The van der Waals surface area contributed by atoms with Crippen molar-refractivity contribution < 1.29 is 23.8 Å². The number of nitrogens with zero attached hydrogens (tertiary/aromatic N) is 2. The Morgan fingerprint density at radius 1 is 1.11 bits per heavy atom. The summed E-state index contributed by atoms with van der Waals surface area (Å²) in [4.78, 5) is 28.2. The maximum atomic E-state index is 13.2. The molecule has 1 atom stereocenters. The zero-order valence-electron chi connectivity index (χ0n) is 23.9. The van der Waals surface area contributed by atoms with Crippen LogP contribution in [0.1, 0.15) is 76.6 Å². The highest BCUT2D eigenvalue weighted by atomic mass is 16.5. The lowest BCUT2D eigenvalue weighted by molar-refractivity contribution is -0.129. The highest BCUT2D eigenvalue weighted by molar-refractivity contribution is 5.95. The number of nitrogens with one attached hydrogen (secondary N) is 1. The van der Waals surface area contributed by atoms with E-state index in [0.29, 0.717) is 30.3 Å². The molecule has 37 heavy (non-hydrogen) atoms. The molecule has 1 aliphatic carbocycles. The highest BCUT2D eigenvalue weighted by Gasteiger charge is 2.29. The van der Waals surface area contributed by atoms with Crippen molar-refractivity contribution in [3.63, 3.8) is 0 Å². The maximum Gasteiger partial charge on any atom is 0.254 e. The van der Waals surface area contributed by atoms with Crippen molar-refractivity contribution in [2.45, 2.75) is 78.3 Å². The second-order valence-corrected chi connectivity index (χ2v) is 10.3. The first-order valence-electron chi connectivity index (χ1n) is 13.9. The summed E-state index contributed by atoms with van der Waals surface area (Å²) >= 11 is 0. The molecule has 0 spiro atoms. The molecule has 2 fully saturated rings. The van der Waals surface area contributed by atoms with Crippen molar-refractivity contribution in [3.05, 3.63) is 23.8 Å². The van der Waals surface area contributed by atoms with Gasteiger partial charge in [-0.25, -0.2) is 0 Å². The smallest absolute Gasteiger partial charge is 0.254 e. The molecule has 0 bridgehead atoms. The van der Waals surface area contributed by atoms with Gasteiger partial charge in [-0.15, -0.1) is 0 Å². The van der Waals surface area contributed by atoms with Gasteiger partial charge in [0.15, 0.2) is 11.5 Å². The lowest BCUT2D eigenvalue weighted by Gasteiger charge is -2.37. The number of carbonyl (C=O) groups is 2. The van der Waals surface area contributed by atoms with Crippen LogP contribution in [0.15, 0.2) is 18.2 Å². The monoisotopic (exact) mass is 519 g/mol. The van der Waals surface area contributed by atoms with Gasteiger partial charge in [-0.1, -0.05) is 6.92 Å². The summed E-state index contributed by atoms with van der Waals surface area (Å²) in [6.45, 7) is 12.9. The molecule has 1 aromatic rings. The van der Waals surface area contributed by atoms with E-state index in [1.54, 1.807) is 33.3 Å². The first kappa shape index (κ1) is 30.9. The number of piperidine rings is 1. The van der Waals surface area contributed by atoms with Crippen LogP contribution in [-0.4, -0.2) is 87.3 Å². The van der Waals surface area contributed by atoms with Gasteiger partial charge in [0, 0.05) is 64.3 Å². The number of carbonyl (C=O) groups excluding carboxylic acids is 2. The van der Waals surface area contributed by atoms with Crippen LogP contribution in [0, 0.1) is 5.92 Å². The van der Waals surface area contributed by atoms with Crippen LogP contribution >= 0.6 is 0 Å². The fourth-order valence-electron chi connectivity index (χ4n) is 4.61. The maximum absolute atomic E-state index is 13.2. The Kier molecular flexibility index (Phi) is 13.8. The van der Waals surface area contributed by atoms with Crippen molar-refractivity contribution >= 4 is 11.8 Å². The molecule has 0 aromatic heterocycles. The van der Waals surface area contributed by atoms with E-state index in [2.05, 4.69) is 26.1 Å². The number of rotatable bonds is 13. The van der Waals surface area contributed by atoms with Gasteiger partial charge >= 0.3 is 0 Å². The minimum Gasteiger partial charge on any atom is -0.493 e. The number of ether oxygens (including phenoxy) is 3. The standard InChI is InChI=1S/C20H32N2O4.C9H17NO/c1-15(2)22(17-7-5-10-21-14-17)20(23)16-8-9-18(25-4)19(13-16)26-12-6-11-24-3;1-3-6-10(8(2)11)7-9-4-5-9/h8-9,13,15,17,21H,5-7,10-12,14H2,1-4H3;9H,3-7H2,1-2H3/t17-;/m1./s1. The minimum atomic E-state index is 0.0399. The lowest BCUT2D eigenvalue weighted by atomic mass is 10.0. The molecule has 8 nitrogen and oxygen atoms in total. The van der Waals surface area contributed by atoms with Crippen LogP contribution < -0.4 is 14.8 Å². The predicted molar refractivity (Wildman–Crippen MR) is 147 cm³/mol. The van der Waals surface area contributed by atoms with Crippen LogP contribution in [0.2, 0.25) is 0 Å². The van der Waals surface area contributed by atoms with E-state index in [1.807, 2.05) is 15.9 Å². The topological polar surface area (TPSA) is 80.3 Å². The molecular formula is C29H49N3O5. The molecule has 0 radical (unpaired) electrons. The van der Waals surface area contributed by atoms with E-state index in [0.717, 1.165) is 57.8 Å². The van der Waals surface area contributed by atoms with E-state index < -0.39 is 0 Å². The molecule has 3 rings (SSSR count).